The van der Waals surface area contributed by atoms with Gasteiger partial charge in [-0.05, 0) is 36.1 Å². The predicted molar refractivity (Wildman–Crippen MR) is 54.5 cm³/mol. The van der Waals surface area contributed by atoms with Crippen LogP contribution in [0.5, 0.6) is 0 Å². The first-order valence-corrected chi connectivity index (χ1v) is 4.92. The van der Waals surface area contributed by atoms with Crippen LogP contribution in [0.3, 0.4) is 0 Å². The molecule has 1 unspecified atom stereocenters. The second kappa shape index (κ2) is 3.88. The van der Waals surface area contributed by atoms with Gasteiger partial charge in [0.05, 0.1) is 6.42 Å². The van der Waals surface area contributed by atoms with Crippen LogP contribution in [-0.2, 0) is 4.79 Å². The average molecular weight is 209 g/mol. The molecule has 3 nitrogen and oxygen atoms in total. The summed E-state index contributed by atoms with van der Waals surface area (Å²) in [4.78, 5) is 10.6. The smallest absolute Gasteiger partial charge is 0.303 e. The highest BCUT2D eigenvalue weighted by molar-refractivity contribution is 5.69. The van der Waals surface area contributed by atoms with Gasteiger partial charge in [0.2, 0.25) is 0 Å². The number of aliphatic carboxylic acids is 1. The molecule has 0 bridgehead atoms. The molecule has 0 spiro atoms. The number of hydrogen-bond acceptors (Lipinski definition) is 2. The van der Waals surface area contributed by atoms with Gasteiger partial charge in [0, 0.05) is 12.2 Å². The fourth-order valence-electron chi connectivity index (χ4n) is 1.99. The summed E-state index contributed by atoms with van der Waals surface area (Å²) in [6, 6.07) is 4.47. The monoisotopic (exact) mass is 209 g/mol. The normalized spacial score (nSPS) is 19.1. The van der Waals surface area contributed by atoms with Crippen molar-refractivity contribution in [3.8, 4) is 0 Å². The molecule has 0 saturated carbocycles. The summed E-state index contributed by atoms with van der Waals surface area (Å²) >= 11 is 0. The van der Waals surface area contributed by atoms with Crippen molar-refractivity contribution in [3.63, 3.8) is 0 Å². The number of carbonyl (C=O) groups is 1. The van der Waals surface area contributed by atoms with E-state index in [1.807, 2.05) is 0 Å². The van der Waals surface area contributed by atoms with Crippen molar-refractivity contribution < 1.29 is 14.3 Å². The Balaban J connectivity index is 2.32. The van der Waals surface area contributed by atoms with Gasteiger partial charge in [0.15, 0.2) is 0 Å². The summed E-state index contributed by atoms with van der Waals surface area (Å²) in [5, 5.41) is 11.9. The van der Waals surface area contributed by atoms with Crippen molar-refractivity contribution in [2.24, 2.45) is 0 Å². The lowest BCUT2D eigenvalue weighted by molar-refractivity contribution is -0.137. The van der Waals surface area contributed by atoms with Crippen molar-refractivity contribution in [1.82, 2.24) is 0 Å². The summed E-state index contributed by atoms with van der Waals surface area (Å²) in [5.74, 6) is -1.22. The van der Waals surface area contributed by atoms with E-state index in [2.05, 4.69) is 5.32 Å². The van der Waals surface area contributed by atoms with Gasteiger partial charge in [-0.25, -0.2) is 4.39 Å². The molecule has 1 atom stereocenters. The summed E-state index contributed by atoms with van der Waals surface area (Å²) in [7, 11) is 0. The van der Waals surface area contributed by atoms with Gasteiger partial charge in [0.1, 0.15) is 5.82 Å². The lowest BCUT2D eigenvalue weighted by Crippen LogP contribution is -2.19. The van der Waals surface area contributed by atoms with Crippen LogP contribution in [0.1, 0.15) is 24.3 Å². The van der Waals surface area contributed by atoms with Gasteiger partial charge in [-0.1, -0.05) is 0 Å². The average Bonchev–Trinajstić information content (AvgIpc) is 2.18. The number of rotatable bonds is 2. The van der Waals surface area contributed by atoms with Crippen LogP contribution in [-0.4, -0.2) is 17.6 Å². The van der Waals surface area contributed by atoms with Gasteiger partial charge >= 0.3 is 5.97 Å². The quantitative estimate of drug-likeness (QED) is 0.785. The molecule has 80 valence electrons. The highest BCUT2D eigenvalue weighted by Gasteiger charge is 2.22. The third-order valence-electron chi connectivity index (χ3n) is 2.68. The largest absolute Gasteiger partial charge is 0.481 e. The van der Waals surface area contributed by atoms with E-state index in [9.17, 15) is 9.18 Å². The molecule has 0 aliphatic carbocycles. The summed E-state index contributed by atoms with van der Waals surface area (Å²) < 4.78 is 13.0. The highest BCUT2D eigenvalue weighted by atomic mass is 19.1. The maximum atomic E-state index is 13.0. The number of nitrogens with one attached hydrogen (secondary N) is 1. The van der Waals surface area contributed by atoms with Crippen molar-refractivity contribution in [2.75, 3.05) is 11.9 Å². The van der Waals surface area contributed by atoms with Crippen molar-refractivity contribution in [1.29, 1.82) is 0 Å². The third kappa shape index (κ3) is 2.09. The Bertz CT molecular complexity index is 392. The van der Waals surface area contributed by atoms with E-state index in [0.29, 0.717) is 0 Å². The lowest BCUT2D eigenvalue weighted by Gasteiger charge is -2.25. The Morgan fingerprint density at radius 3 is 3.13 bits per heavy atom. The number of benzene rings is 1. The molecule has 0 radical (unpaired) electrons. The van der Waals surface area contributed by atoms with Crippen LogP contribution in [0, 0.1) is 5.82 Å². The molecule has 0 saturated heterocycles. The summed E-state index contributed by atoms with van der Waals surface area (Å²) in [6.45, 7) is 0.747. The molecule has 0 amide bonds. The number of carboxylic acids is 1. The van der Waals surface area contributed by atoms with E-state index in [0.717, 1.165) is 24.2 Å². The van der Waals surface area contributed by atoms with Crippen molar-refractivity contribution >= 4 is 11.7 Å². The van der Waals surface area contributed by atoms with Gasteiger partial charge in [0.25, 0.3) is 0 Å². The molecule has 1 aromatic rings. The third-order valence-corrected chi connectivity index (χ3v) is 2.68. The Morgan fingerprint density at radius 1 is 1.60 bits per heavy atom. The van der Waals surface area contributed by atoms with Gasteiger partial charge < -0.3 is 10.4 Å². The van der Waals surface area contributed by atoms with Crippen LogP contribution in [0.2, 0.25) is 0 Å². The van der Waals surface area contributed by atoms with E-state index in [1.54, 1.807) is 6.07 Å². The lowest BCUT2D eigenvalue weighted by atomic mass is 9.88. The van der Waals surface area contributed by atoms with E-state index in [-0.39, 0.29) is 18.2 Å². The topological polar surface area (TPSA) is 49.3 Å². The Morgan fingerprint density at radius 2 is 2.40 bits per heavy atom. The molecule has 1 aliphatic heterocycles. The van der Waals surface area contributed by atoms with Crippen LogP contribution in [0.15, 0.2) is 18.2 Å². The zero-order valence-electron chi connectivity index (χ0n) is 8.16. The SMILES string of the molecule is O=C(O)CC1CCNc2ccc(F)cc21. The molecule has 0 aromatic heterocycles. The van der Waals surface area contributed by atoms with Crippen LogP contribution >= 0.6 is 0 Å². The minimum Gasteiger partial charge on any atom is -0.481 e. The molecule has 15 heavy (non-hydrogen) atoms. The van der Waals surface area contributed by atoms with Gasteiger partial charge in [-0.2, -0.15) is 0 Å². The second-order valence-corrected chi connectivity index (χ2v) is 3.74. The molecular formula is C11H12FNO2. The fraction of sp³-hybridized carbons (Fsp3) is 0.364. The number of halogens is 1. The summed E-state index contributed by atoms with van der Waals surface area (Å²) in [6.07, 6.45) is 0.806. The zero-order chi connectivity index (χ0) is 10.8. The second-order valence-electron chi connectivity index (χ2n) is 3.74. The number of hydrogen-bond donors (Lipinski definition) is 2. The predicted octanol–water partition coefficient (Wildman–Crippen LogP) is 2.20. The van der Waals surface area contributed by atoms with E-state index in [4.69, 9.17) is 5.11 Å². The maximum Gasteiger partial charge on any atom is 0.303 e. The fourth-order valence-corrected chi connectivity index (χ4v) is 1.99. The number of fused-ring (bicyclic) bond motifs is 1. The van der Waals surface area contributed by atoms with Crippen LogP contribution in [0.25, 0.3) is 0 Å². The zero-order valence-corrected chi connectivity index (χ0v) is 8.16. The molecule has 1 aliphatic rings. The molecule has 1 aromatic carbocycles. The van der Waals surface area contributed by atoms with Crippen LogP contribution in [0.4, 0.5) is 10.1 Å². The van der Waals surface area contributed by atoms with Crippen LogP contribution < -0.4 is 5.32 Å². The minimum atomic E-state index is -0.836. The highest BCUT2D eigenvalue weighted by Crippen LogP contribution is 2.34. The van der Waals surface area contributed by atoms with Crippen molar-refractivity contribution in [3.05, 3.63) is 29.6 Å². The first-order chi connectivity index (χ1) is 7.16. The van der Waals surface area contributed by atoms with Gasteiger partial charge in [-0.15, -0.1) is 0 Å². The van der Waals surface area contributed by atoms with E-state index < -0.39 is 5.97 Å². The maximum absolute atomic E-state index is 13.0. The molecule has 4 heteroatoms. The molecular weight excluding hydrogens is 197 g/mol. The first-order valence-electron chi connectivity index (χ1n) is 4.92. The van der Waals surface area contributed by atoms with Crippen molar-refractivity contribution in [2.45, 2.75) is 18.8 Å². The standard InChI is InChI=1S/C11H12FNO2/c12-8-1-2-10-9(6-8)7(3-4-13-10)5-11(14)15/h1-2,6-7,13H,3-5H2,(H,14,15). The summed E-state index contributed by atoms with van der Waals surface area (Å²) in [5.41, 5.74) is 1.64. The van der Waals surface area contributed by atoms with Gasteiger partial charge in [-0.3, -0.25) is 4.79 Å². The molecule has 1 heterocycles. The molecule has 2 rings (SSSR count). The number of anilines is 1. The Kier molecular flexibility index (Phi) is 2.58. The molecule has 2 N–H and O–H groups in total. The number of carboxylic acid groups (broad SMARTS) is 1. The van der Waals surface area contributed by atoms with E-state index >= 15 is 0 Å². The molecule has 0 fully saturated rings. The Hall–Kier alpha value is -1.58. The Labute approximate surface area is 86.9 Å². The minimum absolute atomic E-state index is 0.0676. The van der Waals surface area contributed by atoms with E-state index in [1.165, 1.54) is 12.1 Å². The first kappa shape index (κ1) is 9.96.